The monoisotopic (exact) mass is 741 g/mol. The number of rotatable bonds is 15. The Morgan fingerprint density at radius 3 is 1.88 bits per heavy atom. The highest BCUT2D eigenvalue weighted by Gasteiger charge is 2.25. The summed E-state index contributed by atoms with van der Waals surface area (Å²) in [6.07, 6.45) is 9.52. The highest BCUT2D eigenvalue weighted by atomic mass is 32.2. The van der Waals surface area contributed by atoms with E-state index < -0.39 is 26.0 Å². The van der Waals surface area contributed by atoms with E-state index in [1.165, 1.54) is 12.1 Å². The van der Waals surface area contributed by atoms with E-state index >= 15 is 0 Å². The fraction of sp³-hybridized carbons (Fsp3) is 0.424. The number of anilines is 3. The van der Waals surface area contributed by atoms with Crippen LogP contribution in [0.1, 0.15) is 61.0 Å². The summed E-state index contributed by atoms with van der Waals surface area (Å²) >= 11 is 1.67. The number of hydrogen-bond donors (Lipinski definition) is 6. The zero-order chi connectivity index (χ0) is 37.2. The van der Waals surface area contributed by atoms with Crippen LogP contribution in [0.15, 0.2) is 64.8 Å². The number of aliphatic hydroxyl groups is 1. The first-order valence-corrected chi connectivity index (χ1v) is 20.0. The van der Waals surface area contributed by atoms with Crippen LogP contribution >= 0.6 is 11.8 Å². The van der Waals surface area contributed by atoms with Crippen molar-refractivity contribution in [3.63, 3.8) is 0 Å². The molecule has 274 valence electrons. The average Bonchev–Trinajstić information content (AvgIpc) is 3.04. The summed E-state index contributed by atoms with van der Waals surface area (Å²) in [5.74, 6) is -1.39. The van der Waals surface area contributed by atoms with Crippen LogP contribution < -0.4 is 25.8 Å². The zero-order valence-electron chi connectivity index (χ0n) is 28.7. The minimum absolute atomic E-state index is 0.0175. The van der Waals surface area contributed by atoms with E-state index in [-0.39, 0.29) is 21.1 Å². The molecular weight excluding hydrogens is 691 g/mol. The maximum atomic E-state index is 12.1. The second-order valence-electron chi connectivity index (χ2n) is 10.8. The number of carboxylic acids is 1. The van der Waals surface area contributed by atoms with Crippen LogP contribution in [0.25, 0.3) is 5.76 Å². The first-order chi connectivity index (χ1) is 23.0. The molecule has 2 aromatic carbocycles. The minimum atomic E-state index is -3.97. The molecule has 0 saturated carbocycles. The number of nitrogens with one attached hydrogen (secondary N) is 2. The van der Waals surface area contributed by atoms with Gasteiger partial charge >= 0.3 is 5.97 Å². The number of morpholine rings is 1. The Bertz CT molecular complexity index is 1660. The van der Waals surface area contributed by atoms with Gasteiger partial charge in [-0.25, -0.2) is 31.9 Å². The van der Waals surface area contributed by atoms with Gasteiger partial charge in [0.05, 0.1) is 35.0 Å². The summed E-state index contributed by atoms with van der Waals surface area (Å²) in [5, 5.41) is 37.5. The number of nitrogens with zero attached hydrogens (tertiary/aromatic N) is 1. The van der Waals surface area contributed by atoms with E-state index in [2.05, 4.69) is 30.7 Å². The van der Waals surface area contributed by atoms with Crippen molar-refractivity contribution in [1.82, 2.24) is 0 Å². The number of thioether (sulfide) groups is 1. The summed E-state index contributed by atoms with van der Waals surface area (Å²) in [6, 6.07) is 5.57. The Kier molecular flexibility index (Phi) is 19.1. The third kappa shape index (κ3) is 14.9. The van der Waals surface area contributed by atoms with Crippen molar-refractivity contribution in [3.8, 4) is 0 Å². The number of benzene rings is 2. The lowest BCUT2D eigenvalue weighted by Gasteiger charge is -2.32. The maximum absolute atomic E-state index is 12.1. The van der Waals surface area contributed by atoms with Gasteiger partial charge in [-0.05, 0) is 61.3 Å². The number of ether oxygens (including phenoxy) is 1. The van der Waals surface area contributed by atoms with Gasteiger partial charge in [-0.3, -0.25) is 0 Å². The van der Waals surface area contributed by atoms with Crippen molar-refractivity contribution in [2.75, 3.05) is 61.2 Å². The Labute approximate surface area is 295 Å². The van der Waals surface area contributed by atoms with Gasteiger partial charge in [0, 0.05) is 37.4 Å². The molecule has 0 bridgehead atoms. The molecule has 1 heterocycles. The molecule has 0 atom stereocenters. The molecule has 0 spiro atoms. The number of nitrogens with two attached hydrogens (primary N) is 2. The number of carboxylic acid groups (broad SMARTS) is 1. The topological polar surface area (TPSA) is 214 Å². The van der Waals surface area contributed by atoms with Crippen LogP contribution in [0.3, 0.4) is 0 Å². The largest absolute Gasteiger partial charge is 0.508 e. The Morgan fingerprint density at radius 2 is 1.45 bits per heavy atom. The van der Waals surface area contributed by atoms with Crippen LogP contribution in [-0.4, -0.2) is 78.7 Å². The molecule has 0 aromatic heterocycles. The van der Waals surface area contributed by atoms with Gasteiger partial charge in [0.1, 0.15) is 10.7 Å². The highest BCUT2D eigenvalue weighted by molar-refractivity contribution is 8.01. The van der Waals surface area contributed by atoms with Crippen LogP contribution in [0.5, 0.6) is 0 Å². The Balaban J connectivity index is 0.000000429. The number of aliphatic hydroxyl groups excluding tert-OH is 1. The summed E-state index contributed by atoms with van der Waals surface area (Å²) < 4.78 is 52.6. The van der Waals surface area contributed by atoms with Gasteiger partial charge in [0.25, 0.3) is 0 Å². The smallest absolute Gasteiger partial charge is 0.335 e. The second-order valence-corrected chi connectivity index (χ2v) is 14.6. The van der Waals surface area contributed by atoms with Gasteiger partial charge in [0.2, 0.25) is 20.0 Å². The molecule has 0 unspecified atom stereocenters. The molecule has 0 aliphatic carbocycles. The minimum Gasteiger partial charge on any atom is -0.508 e. The van der Waals surface area contributed by atoms with Crippen molar-refractivity contribution in [2.45, 2.75) is 56.2 Å². The molecular formula is C33H51N5O8S3. The Hall–Kier alpha value is -3.54. The number of unbranched alkanes of at least 4 members (excludes halogenated alkanes) is 2. The molecule has 0 radical (unpaired) electrons. The summed E-state index contributed by atoms with van der Waals surface area (Å²) in [6.45, 7) is 16.2. The maximum Gasteiger partial charge on any atom is 0.335 e. The predicted octanol–water partition coefficient (Wildman–Crippen LogP) is 5.51. The number of allylic oxidation sites excluding steroid dienone is 2. The quantitative estimate of drug-likeness (QED) is 0.0757. The van der Waals surface area contributed by atoms with E-state index in [0.717, 1.165) is 31.7 Å². The van der Waals surface area contributed by atoms with Gasteiger partial charge < -0.3 is 30.5 Å². The number of primary sulfonamides is 2. The lowest BCUT2D eigenvalue weighted by Crippen LogP contribution is -2.38. The van der Waals surface area contributed by atoms with Crippen LogP contribution in [0.2, 0.25) is 0 Å². The molecule has 1 saturated heterocycles. The number of aromatic carboxylic acids is 1. The zero-order valence-corrected chi connectivity index (χ0v) is 31.1. The third-order valence-corrected chi connectivity index (χ3v) is 9.39. The summed E-state index contributed by atoms with van der Waals surface area (Å²) in [7, 11) is -7.91. The van der Waals surface area contributed by atoms with Crippen molar-refractivity contribution in [1.29, 1.82) is 0 Å². The molecule has 2 aromatic rings. The molecule has 1 fully saturated rings. The number of carbonyl (C=O) groups is 1. The SMILES string of the molecule is C=C(O)c1cc(NCCCC)c(N2CCOCC2)c(S(N)(=O)=O)c1.C=C/C=C\SC.CCCCNc1cc(C(=O)O)cc(S(N)(=O)=O)c1C. The molecule has 49 heavy (non-hydrogen) atoms. The molecule has 8 N–H and O–H groups in total. The first-order valence-electron chi connectivity index (χ1n) is 15.6. The predicted molar refractivity (Wildman–Crippen MR) is 202 cm³/mol. The van der Waals surface area contributed by atoms with E-state index in [0.29, 0.717) is 67.6 Å². The van der Waals surface area contributed by atoms with Gasteiger partial charge in [-0.15, -0.1) is 11.8 Å². The van der Waals surface area contributed by atoms with Gasteiger partial charge in [-0.1, -0.05) is 52.0 Å². The number of sulfonamides is 2. The van der Waals surface area contributed by atoms with Crippen molar-refractivity contribution in [3.05, 3.63) is 71.7 Å². The summed E-state index contributed by atoms with van der Waals surface area (Å²) in [4.78, 5) is 12.8. The van der Waals surface area contributed by atoms with E-state index in [1.54, 1.807) is 30.8 Å². The summed E-state index contributed by atoms with van der Waals surface area (Å²) in [5.41, 5.74) is 2.30. The molecule has 13 nitrogen and oxygen atoms in total. The molecule has 1 aliphatic heterocycles. The Morgan fingerprint density at radius 1 is 0.939 bits per heavy atom. The first kappa shape index (κ1) is 43.5. The molecule has 1 aliphatic rings. The van der Waals surface area contributed by atoms with Gasteiger partial charge in [0.15, 0.2) is 0 Å². The molecule has 3 rings (SSSR count). The van der Waals surface area contributed by atoms with Crippen LogP contribution in [0.4, 0.5) is 17.1 Å². The standard InChI is InChI=1S/C16H25N3O4S.C12H18N2O4S.C5H8S/c1-3-4-5-18-14-10-13(12(2)20)11-15(24(17,21)22)16(14)19-6-8-23-9-7-19;1-3-4-5-14-10-6-9(12(15)16)7-11(8(10)2)19(13,17)18;1-3-4-5-6-2/h10-11,18,20H,2-9H2,1H3,(H2,17,21,22);6-7,14H,3-5H2,1-2H3,(H,15,16)(H2,13,17,18);3-5H,1H2,2H3/b;;5-4-. The van der Waals surface area contributed by atoms with Crippen molar-refractivity contribution >= 4 is 60.6 Å². The molecule has 16 heteroatoms. The highest BCUT2D eigenvalue weighted by Crippen LogP contribution is 2.36. The van der Waals surface area contributed by atoms with Crippen LogP contribution in [-0.2, 0) is 24.8 Å². The fourth-order valence-electron chi connectivity index (χ4n) is 4.46. The van der Waals surface area contributed by atoms with Crippen molar-refractivity contribution in [2.24, 2.45) is 10.3 Å². The van der Waals surface area contributed by atoms with Gasteiger partial charge in [-0.2, -0.15) is 0 Å². The lowest BCUT2D eigenvalue weighted by molar-refractivity contribution is 0.0696. The van der Waals surface area contributed by atoms with E-state index in [9.17, 15) is 26.7 Å². The average molecular weight is 742 g/mol. The fourth-order valence-corrected chi connectivity index (χ4v) is 6.36. The third-order valence-electron chi connectivity index (χ3n) is 7.00. The normalized spacial score (nSPS) is 13.1. The molecule has 0 amide bonds. The van der Waals surface area contributed by atoms with E-state index in [1.807, 2.05) is 29.6 Å². The van der Waals surface area contributed by atoms with Crippen LogP contribution in [0, 0.1) is 6.92 Å². The lowest BCUT2D eigenvalue weighted by atomic mass is 10.1. The van der Waals surface area contributed by atoms with Crippen molar-refractivity contribution < 1.29 is 36.6 Å². The van der Waals surface area contributed by atoms with E-state index in [4.69, 9.17) is 20.1 Å². The second kappa shape index (κ2) is 21.5. The number of hydrogen-bond acceptors (Lipinski definition) is 11.